The van der Waals surface area contributed by atoms with Crippen LogP contribution in [0.25, 0.3) is 0 Å². The van der Waals surface area contributed by atoms with Crippen LogP contribution in [0.3, 0.4) is 0 Å². The molecule has 0 spiro atoms. The van der Waals surface area contributed by atoms with E-state index in [1.807, 2.05) is 6.07 Å². The van der Waals surface area contributed by atoms with Crippen molar-refractivity contribution in [1.82, 2.24) is 0 Å². The zero-order valence-electron chi connectivity index (χ0n) is 18.2. The molecule has 5 nitrogen and oxygen atoms in total. The van der Waals surface area contributed by atoms with E-state index in [0.717, 1.165) is 50.5 Å². The predicted octanol–water partition coefficient (Wildman–Crippen LogP) is 5.23. The zero-order valence-corrected chi connectivity index (χ0v) is 18.2. The van der Waals surface area contributed by atoms with Gasteiger partial charge >= 0.3 is 11.9 Å². The van der Waals surface area contributed by atoms with Gasteiger partial charge in [-0.15, -0.1) is 0 Å². The molecule has 0 radical (unpaired) electrons. The maximum atomic E-state index is 12.7. The number of carbonyl (C=O) groups is 2. The maximum Gasteiger partial charge on any atom is 0.311 e. The van der Waals surface area contributed by atoms with Crippen LogP contribution in [-0.2, 0) is 32.1 Å². The highest BCUT2D eigenvalue weighted by atomic mass is 16.5. The third kappa shape index (κ3) is 4.01. The minimum Gasteiger partial charge on any atom is -0.469 e. The lowest BCUT2D eigenvalue weighted by atomic mass is 9.46. The molecule has 1 heterocycles. The summed E-state index contributed by atoms with van der Waals surface area (Å²) in [5.74, 6) is 0.982. The Labute approximate surface area is 173 Å². The Morgan fingerprint density at radius 2 is 2.07 bits per heavy atom. The summed E-state index contributed by atoms with van der Waals surface area (Å²) in [6.07, 6.45) is 8.45. The molecule has 0 bridgehead atoms. The monoisotopic (exact) mass is 402 g/mol. The number of hydrogen-bond donors (Lipinski definition) is 0. The molecule has 29 heavy (non-hydrogen) atoms. The van der Waals surface area contributed by atoms with Crippen LogP contribution in [0.4, 0.5) is 0 Å². The molecular formula is C24H34O5. The number of methoxy groups -OCH3 is 1. The molecule has 160 valence electrons. The van der Waals surface area contributed by atoms with Gasteiger partial charge < -0.3 is 13.9 Å². The number of esters is 2. The fraction of sp³-hybridized carbons (Fsp3) is 0.667. The van der Waals surface area contributed by atoms with Gasteiger partial charge in [0.1, 0.15) is 12.4 Å². The van der Waals surface area contributed by atoms with Crippen LogP contribution in [-0.4, -0.2) is 19.0 Å². The third-order valence-corrected chi connectivity index (χ3v) is 7.62. The van der Waals surface area contributed by atoms with E-state index < -0.39 is 5.41 Å². The first-order valence-corrected chi connectivity index (χ1v) is 10.7. The maximum absolute atomic E-state index is 12.7. The van der Waals surface area contributed by atoms with E-state index in [1.165, 1.54) is 19.6 Å². The molecule has 5 heteroatoms. The molecule has 2 aliphatic rings. The number of furan rings is 1. The Morgan fingerprint density at radius 1 is 1.31 bits per heavy atom. The fourth-order valence-electron chi connectivity index (χ4n) is 6.14. The van der Waals surface area contributed by atoms with E-state index in [2.05, 4.69) is 20.4 Å². The molecule has 0 saturated heterocycles. The molecular weight excluding hydrogens is 368 g/mol. The van der Waals surface area contributed by atoms with Gasteiger partial charge in [0.05, 0.1) is 18.8 Å². The van der Waals surface area contributed by atoms with Gasteiger partial charge in [0.25, 0.3) is 0 Å². The third-order valence-electron chi connectivity index (χ3n) is 7.62. The van der Waals surface area contributed by atoms with Crippen molar-refractivity contribution >= 4 is 11.9 Å². The fourth-order valence-corrected chi connectivity index (χ4v) is 6.14. The van der Waals surface area contributed by atoms with Gasteiger partial charge in [0.2, 0.25) is 0 Å². The Balaban J connectivity index is 1.79. The second-order valence-corrected chi connectivity index (χ2v) is 9.26. The van der Waals surface area contributed by atoms with Gasteiger partial charge in [-0.3, -0.25) is 9.59 Å². The molecule has 0 N–H and O–H groups in total. The van der Waals surface area contributed by atoms with Gasteiger partial charge in [-0.05, 0) is 74.3 Å². The molecule has 0 amide bonds. The summed E-state index contributed by atoms with van der Waals surface area (Å²) < 4.78 is 15.9. The van der Waals surface area contributed by atoms with E-state index in [-0.39, 0.29) is 24.0 Å². The number of fused-ring (bicyclic) bond motifs is 1. The van der Waals surface area contributed by atoms with E-state index in [9.17, 15) is 9.59 Å². The van der Waals surface area contributed by atoms with Gasteiger partial charge in [-0.25, -0.2) is 0 Å². The largest absolute Gasteiger partial charge is 0.469 e. The van der Waals surface area contributed by atoms with Crippen molar-refractivity contribution in [2.24, 2.45) is 22.7 Å². The van der Waals surface area contributed by atoms with Crippen LogP contribution >= 0.6 is 0 Å². The number of rotatable bonds is 6. The highest BCUT2D eigenvalue weighted by Crippen LogP contribution is 2.62. The number of hydrogen-bond acceptors (Lipinski definition) is 5. The number of aryl methyl sites for hydroxylation is 1. The van der Waals surface area contributed by atoms with Gasteiger partial charge in [-0.2, -0.15) is 0 Å². The Bertz CT molecular complexity index is 778. The molecule has 1 aromatic rings. The molecule has 3 rings (SSSR count). The normalized spacial score (nSPS) is 31.8. The molecule has 1 aromatic heterocycles. The smallest absolute Gasteiger partial charge is 0.311 e. The molecule has 0 aliphatic heterocycles. The molecule has 4 atom stereocenters. The first-order chi connectivity index (χ1) is 13.7. The Hall–Kier alpha value is -2.04. The summed E-state index contributed by atoms with van der Waals surface area (Å²) in [5, 5.41) is 0. The molecule has 2 fully saturated rings. The van der Waals surface area contributed by atoms with E-state index in [4.69, 9.17) is 13.9 Å². The van der Waals surface area contributed by atoms with Crippen molar-refractivity contribution in [3.63, 3.8) is 0 Å². The topological polar surface area (TPSA) is 65.7 Å². The van der Waals surface area contributed by atoms with Crippen molar-refractivity contribution in [3.05, 3.63) is 35.8 Å². The first-order valence-electron chi connectivity index (χ1n) is 10.7. The van der Waals surface area contributed by atoms with Crippen molar-refractivity contribution in [2.75, 3.05) is 7.11 Å². The predicted molar refractivity (Wildman–Crippen MR) is 110 cm³/mol. The summed E-state index contributed by atoms with van der Waals surface area (Å²) in [4.78, 5) is 23.8. The van der Waals surface area contributed by atoms with Crippen LogP contribution in [0.5, 0.6) is 0 Å². The second kappa shape index (κ2) is 8.37. The van der Waals surface area contributed by atoms with Crippen LogP contribution in [0.1, 0.15) is 70.6 Å². The van der Waals surface area contributed by atoms with Crippen molar-refractivity contribution in [1.29, 1.82) is 0 Å². The number of carbonyl (C=O) groups excluding carboxylic acids is 2. The molecule has 1 unspecified atom stereocenters. The first kappa shape index (κ1) is 21.7. The van der Waals surface area contributed by atoms with E-state index in [0.29, 0.717) is 17.6 Å². The van der Waals surface area contributed by atoms with Gasteiger partial charge in [-0.1, -0.05) is 25.5 Å². The Morgan fingerprint density at radius 3 is 2.76 bits per heavy atom. The molecule has 2 aliphatic carbocycles. The average Bonchev–Trinajstić information content (AvgIpc) is 3.12. The van der Waals surface area contributed by atoms with Crippen molar-refractivity contribution < 1.29 is 23.5 Å². The summed E-state index contributed by atoms with van der Waals surface area (Å²) in [5.41, 5.74) is 1.99. The van der Waals surface area contributed by atoms with E-state index >= 15 is 0 Å². The summed E-state index contributed by atoms with van der Waals surface area (Å²) in [6, 6.07) is 1.96. The average molecular weight is 403 g/mol. The van der Waals surface area contributed by atoms with Crippen molar-refractivity contribution in [2.45, 2.75) is 72.3 Å². The lowest BCUT2D eigenvalue weighted by Crippen LogP contribution is -2.53. The minimum atomic E-state index is -0.420. The highest BCUT2D eigenvalue weighted by molar-refractivity contribution is 5.77. The Kier molecular flexibility index (Phi) is 6.25. The number of ether oxygens (including phenoxy) is 2. The van der Waals surface area contributed by atoms with Crippen molar-refractivity contribution in [3.8, 4) is 0 Å². The SMILES string of the molecule is C=C1CCC2[C@](C)(CCC[C@]2(C)C(=O)OC)[C@H]1CCc1ccoc1COC(C)=O. The van der Waals surface area contributed by atoms with E-state index in [1.54, 1.807) is 6.26 Å². The summed E-state index contributed by atoms with van der Waals surface area (Å²) in [7, 11) is 1.50. The van der Waals surface area contributed by atoms with Gasteiger partial charge in [0, 0.05) is 6.92 Å². The molecule has 0 aromatic carbocycles. The zero-order chi connectivity index (χ0) is 21.2. The highest BCUT2D eigenvalue weighted by Gasteiger charge is 2.57. The number of allylic oxidation sites excluding steroid dienone is 1. The van der Waals surface area contributed by atoms with Crippen LogP contribution in [0.15, 0.2) is 28.9 Å². The second-order valence-electron chi connectivity index (χ2n) is 9.26. The van der Waals surface area contributed by atoms with Crippen LogP contribution in [0.2, 0.25) is 0 Å². The van der Waals surface area contributed by atoms with Crippen LogP contribution in [0, 0.1) is 22.7 Å². The lowest BCUT2D eigenvalue weighted by molar-refractivity contribution is -0.168. The molecule has 2 saturated carbocycles. The van der Waals surface area contributed by atoms with Crippen LogP contribution < -0.4 is 0 Å². The lowest BCUT2D eigenvalue weighted by Gasteiger charge is -2.57. The summed E-state index contributed by atoms with van der Waals surface area (Å²) >= 11 is 0. The standard InChI is InChI=1S/C24H34O5/c1-16-7-10-21-23(3,12-6-13-24(21,4)22(26)27-5)19(16)9-8-18-11-14-28-20(18)15-29-17(2)25/h11,14,19,21H,1,6-10,12-13,15H2,2-5H3/t19-,21?,23+,24-/m0/s1. The minimum absolute atomic E-state index is 0.0380. The van der Waals surface area contributed by atoms with Gasteiger partial charge in [0.15, 0.2) is 0 Å². The summed E-state index contributed by atoms with van der Waals surface area (Å²) in [6.45, 7) is 10.4. The quantitative estimate of drug-likeness (QED) is 0.482.